The van der Waals surface area contributed by atoms with Gasteiger partial charge >= 0.3 is 0 Å². The van der Waals surface area contributed by atoms with Crippen molar-refractivity contribution in [1.29, 1.82) is 0 Å². The Morgan fingerprint density at radius 2 is 2.02 bits per heavy atom. The van der Waals surface area contributed by atoms with Crippen LogP contribution in [-0.2, 0) is 30.8 Å². The lowest BCUT2D eigenvalue weighted by atomic mass is 10.0. The normalized spacial score (nSPS) is 15.2. The number of hydrogen-bond donors (Lipinski definition) is 2. The molecular weight excluding hydrogens is 586 g/mol. The number of nitrogens with zero attached hydrogens (tertiary/aromatic N) is 3. The Labute approximate surface area is 250 Å². The molecule has 0 spiro atoms. The number of rotatable bonds is 12. The van der Waals surface area contributed by atoms with Crippen molar-refractivity contribution in [2.45, 2.75) is 69.4 Å². The van der Waals surface area contributed by atoms with Crippen LogP contribution in [-0.4, -0.2) is 67.4 Å². The van der Waals surface area contributed by atoms with E-state index < -0.39 is 22.0 Å². The van der Waals surface area contributed by atoms with Crippen molar-refractivity contribution in [3.63, 3.8) is 0 Å². The number of anilines is 1. The summed E-state index contributed by atoms with van der Waals surface area (Å²) >= 11 is 7.90. The number of imidazole rings is 1. The molecule has 2 N–H and O–H groups in total. The molecule has 0 radical (unpaired) electrons. The summed E-state index contributed by atoms with van der Waals surface area (Å²) < 4.78 is 37.0. The van der Waals surface area contributed by atoms with Crippen LogP contribution in [0.15, 0.2) is 46.9 Å². The number of thiophene rings is 1. The second-order valence-corrected chi connectivity index (χ2v) is 12.9. The number of benzene rings is 1. The second-order valence-electron chi connectivity index (χ2n) is 9.96. The van der Waals surface area contributed by atoms with Gasteiger partial charge in [0.05, 0.1) is 23.8 Å². The van der Waals surface area contributed by atoms with Crippen molar-refractivity contribution in [2.75, 3.05) is 24.6 Å². The molecule has 10 nitrogen and oxygen atoms in total. The Bertz CT molecular complexity index is 1440. The highest BCUT2D eigenvalue weighted by atomic mass is 35.5. The molecule has 2 aromatic heterocycles. The topological polar surface area (TPSA) is 125 Å². The number of aromatic amines is 1. The van der Waals surface area contributed by atoms with Gasteiger partial charge in [-0.25, -0.2) is 17.8 Å². The van der Waals surface area contributed by atoms with Gasteiger partial charge in [-0.15, -0.1) is 11.3 Å². The van der Waals surface area contributed by atoms with E-state index >= 15 is 0 Å². The van der Waals surface area contributed by atoms with Crippen molar-refractivity contribution in [1.82, 2.24) is 19.6 Å². The number of hydrogen-bond acceptors (Lipinski definition) is 7. The molecule has 3 heterocycles. The number of aromatic nitrogens is 2. The molecule has 222 valence electrons. The molecule has 1 aliphatic rings. The summed E-state index contributed by atoms with van der Waals surface area (Å²) in [6.07, 6.45) is 4.54. The molecule has 1 atom stereocenters. The maximum atomic E-state index is 14.0. The van der Waals surface area contributed by atoms with E-state index in [1.54, 1.807) is 37.4 Å². The maximum absolute atomic E-state index is 14.0. The lowest BCUT2D eigenvalue weighted by Gasteiger charge is -2.34. The van der Waals surface area contributed by atoms with E-state index in [0.717, 1.165) is 20.7 Å². The van der Waals surface area contributed by atoms with Crippen LogP contribution in [0.1, 0.15) is 50.4 Å². The largest absolute Gasteiger partial charge is 0.381 e. The molecular formula is C28H36ClN5O5S2. The minimum Gasteiger partial charge on any atom is -0.381 e. The molecule has 0 bridgehead atoms. The number of ether oxygens (including phenoxy) is 1. The highest BCUT2D eigenvalue weighted by Gasteiger charge is 2.34. The molecule has 1 aromatic carbocycles. The van der Waals surface area contributed by atoms with E-state index in [4.69, 9.17) is 16.5 Å². The molecule has 2 amide bonds. The smallest absolute Gasteiger partial charge is 0.243 e. The quantitative estimate of drug-likeness (QED) is 0.284. The van der Waals surface area contributed by atoms with E-state index in [1.165, 1.54) is 17.4 Å². The summed E-state index contributed by atoms with van der Waals surface area (Å²) in [7, 11) is -2.65. The summed E-state index contributed by atoms with van der Waals surface area (Å²) in [5.41, 5.74) is 2.39. The highest BCUT2D eigenvalue weighted by molar-refractivity contribution is 7.89. The van der Waals surface area contributed by atoms with Gasteiger partial charge in [0, 0.05) is 54.5 Å². The fourth-order valence-corrected chi connectivity index (χ4v) is 7.50. The predicted molar refractivity (Wildman–Crippen MR) is 160 cm³/mol. The first-order valence-corrected chi connectivity index (χ1v) is 16.3. The third-order valence-electron chi connectivity index (χ3n) is 7.32. The summed E-state index contributed by atoms with van der Waals surface area (Å²) in [5, 5.41) is 1.86. The number of carbonyl (C=O) groups excluding carboxylic acids is 2. The van der Waals surface area contributed by atoms with Gasteiger partial charge in [0.25, 0.3) is 0 Å². The van der Waals surface area contributed by atoms with Crippen LogP contribution >= 0.6 is 23.1 Å². The standard InChI is InChI=1S/C28H36ClN5O5S2/c1-4-26(35)34(29)27-21(24-11-7-17-40-24)8-5-12-25(27)41(37,38)32-23(10-6-9-22-19(2)30-18-31-22)28(36)33-15-13-20(39-3)14-16-33/h5,7-8,11-12,17-18,20,23,32H,4,6,9-10,13-16H2,1-3H3,(H,30,31)/t23-/m0/s1. The van der Waals surface area contributed by atoms with Crippen LogP contribution < -0.4 is 9.14 Å². The molecule has 3 aromatic rings. The minimum absolute atomic E-state index is 0.0650. The summed E-state index contributed by atoms with van der Waals surface area (Å²) in [4.78, 5) is 36.1. The number of para-hydroxylation sites is 1. The van der Waals surface area contributed by atoms with E-state index in [9.17, 15) is 18.0 Å². The van der Waals surface area contributed by atoms with Crippen molar-refractivity contribution in [2.24, 2.45) is 0 Å². The molecule has 0 unspecified atom stereocenters. The monoisotopic (exact) mass is 621 g/mol. The third-order valence-corrected chi connectivity index (χ3v) is 10.1. The van der Waals surface area contributed by atoms with Gasteiger partial charge in [0.15, 0.2) is 0 Å². The van der Waals surface area contributed by atoms with E-state index in [2.05, 4.69) is 14.7 Å². The van der Waals surface area contributed by atoms with Crippen LogP contribution in [0.25, 0.3) is 10.4 Å². The number of H-pyrrole nitrogens is 1. The van der Waals surface area contributed by atoms with Gasteiger partial charge in [0.1, 0.15) is 10.9 Å². The molecule has 0 saturated carbocycles. The summed E-state index contributed by atoms with van der Waals surface area (Å²) in [6.45, 7) is 4.53. The van der Waals surface area contributed by atoms with E-state index in [1.807, 2.05) is 24.4 Å². The average molecular weight is 622 g/mol. The fraction of sp³-hybridized carbons (Fsp3) is 0.464. The van der Waals surface area contributed by atoms with Gasteiger partial charge < -0.3 is 14.6 Å². The van der Waals surface area contributed by atoms with Crippen molar-refractivity contribution >= 4 is 50.6 Å². The number of aryl methyl sites for hydroxylation is 2. The Kier molecular flexibility index (Phi) is 10.6. The number of sulfonamides is 1. The number of piperidine rings is 1. The van der Waals surface area contributed by atoms with Crippen LogP contribution in [0.2, 0.25) is 0 Å². The zero-order valence-electron chi connectivity index (χ0n) is 23.4. The lowest BCUT2D eigenvalue weighted by molar-refractivity contribution is -0.135. The number of nitrogens with one attached hydrogen (secondary N) is 2. The Hall–Kier alpha value is -2.77. The van der Waals surface area contributed by atoms with Crippen LogP contribution in [0, 0.1) is 6.92 Å². The third kappa shape index (κ3) is 7.36. The van der Waals surface area contributed by atoms with Crippen LogP contribution in [0.3, 0.4) is 0 Å². The first-order chi connectivity index (χ1) is 19.7. The maximum Gasteiger partial charge on any atom is 0.243 e. The molecule has 41 heavy (non-hydrogen) atoms. The first kappa shape index (κ1) is 31.2. The zero-order valence-corrected chi connectivity index (χ0v) is 25.8. The van der Waals surface area contributed by atoms with Crippen molar-refractivity contribution in [3.8, 4) is 10.4 Å². The molecule has 1 saturated heterocycles. The van der Waals surface area contributed by atoms with Crippen molar-refractivity contribution in [3.05, 3.63) is 53.4 Å². The van der Waals surface area contributed by atoms with Crippen molar-refractivity contribution < 1.29 is 22.7 Å². The zero-order chi connectivity index (χ0) is 29.6. The number of likely N-dealkylation sites (tertiary alicyclic amines) is 1. The average Bonchev–Trinajstić information content (AvgIpc) is 3.67. The van der Waals surface area contributed by atoms with Gasteiger partial charge in [0.2, 0.25) is 21.8 Å². The van der Waals surface area contributed by atoms with Gasteiger partial charge in [-0.1, -0.05) is 25.1 Å². The summed E-state index contributed by atoms with van der Waals surface area (Å²) in [5.74, 6) is -0.736. The SMILES string of the molecule is CCC(=O)N(Cl)c1c(-c2cccs2)cccc1S(=O)(=O)N[C@@H](CCCc1nc[nH]c1C)C(=O)N1CCC(OC)CC1. The lowest BCUT2D eigenvalue weighted by Crippen LogP contribution is -2.51. The van der Waals surface area contributed by atoms with Gasteiger partial charge in [-0.3, -0.25) is 9.59 Å². The van der Waals surface area contributed by atoms with E-state index in [0.29, 0.717) is 44.3 Å². The molecule has 1 fully saturated rings. The number of amides is 2. The Morgan fingerprint density at radius 1 is 1.27 bits per heavy atom. The Balaban J connectivity index is 1.66. The Morgan fingerprint density at radius 3 is 2.63 bits per heavy atom. The number of halogens is 1. The van der Waals surface area contributed by atoms with Crippen LogP contribution in [0.4, 0.5) is 5.69 Å². The number of carbonyl (C=O) groups is 2. The fourth-order valence-electron chi connectivity index (χ4n) is 4.96. The molecule has 0 aliphatic carbocycles. The van der Waals surface area contributed by atoms with Gasteiger partial charge in [-0.2, -0.15) is 4.72 Å². The molecule has 13 heteroatoms. The minimum atomic E-state index is -4.30. The summed E-state index contributed by atoms with van der Waals surface area (Å²) in [6, 6.07) is 7.41. The highest BCUT2D eigenvalue weighted by Crippen LogP contribution is 2.40. The predicted octanol–water partition coefficient (Wildman–Crippen LogP) is 4.65. The first-order valence-electron chi connectivity index (χ1n) is 13.6. The number of methoxy groups -OCH3 is 1. The van der Waals surface area contributed by atoms with Crippen LogP contribution in [0.5, 0.6) is 0 Å². The van der Waals surface area contributed by atoms with Gasteiger partial charge in [-0.05, 0) is 56.5 Å². The molecule has 4 rings (SSSR count). The second kappa shape index (κ2) is 13.9. The molecule has 1 aliphatic heterocycles. The van der Waals surface area contributed by atoms with E-state index in [-0.39, 0.29) is 35.4 Å².